The Kier molecular flexibility index (Phi) is 12.6. The molecule has 4 aromatic rings. The van der Waals surface area contributed by atoms with Gasteiger partial charge in [-0.05, 0) is 84.2 Å². The van der Waals surface area contributed by atoms with Gasteiger partial charge in [0.25, 0.3) is 0 Å². The predicted molar refractivity (Wildman–Crippen MR) is 178 cm³/mol. The van der Waals surface area contributed by atoms with Gasteiger partial charge in [-0.2, -0.15) is 0 Å². The first-order valence-electron chi connectivity index (χ1n) is 15.8. The lowest BCUT2D eigenvalue weighted by Crippen LogP contribution is -2.15. The minimum Gasteiger partial charge on any atom is -0.494 e. The molecule has 3 aromatic carbocycles. The number of carbonyl (C=O) groups is 2. The molecule has 0 saturated heterocycles. The highest BCUT2D eigenvalue weighted by Crippen LogP contribution is 2.29. The average Bonchev–Trinajstić information content (AvgIpc) is 3.54. The van der Waals surface area contributed by atoms with Crippen LogP contribution in [0.25, 0.3) is 22.3 Å². The first-order valence-corrected chi connectivity index (χ1v) is 16.6. The Labute approximate surface area is 261 Å². The molecule has 0 radical (unpaired) electrons. The third kappa shape index (κ3) is 9.65. The fraction of sp³-hybridized carbons (Fsp3) is 0.368. The van der Waals surface area contributed by atoms with Gasteiger partial charge in [-0.25, -0.2) is 4.79 Å². The van der Waals surface area contributed by atoms with Crippen LogP contribution in [0.2, 0.25) is 0 Å². The van der Waals surface area contributed by atoms with Gasteiger partial charge in [-0.15, -0.1) is 11.3 Å². The summed E-state index contributed by atoms with van der Waals surface area (Å²) >= 11 is 1.46. The molecule has 0 aliphatic carbocycles. The number of unbranched alkanes of at least 4 members (excludes halogenated alkanes) is 6. The molecule has 226 valence electrons. The van der Waals surface area contributed by atoms with Crippen molar-refractivity contribution in [2.24, 2.45) is 0 Å². The summed E-state index contributed by atoms with van der Waals surface area (Å²) in [6.07, 6.45) is 10.2. The van der Waals surface area contributed by atoms with Gasteiger partial charge in [-0.1, -0.05) is 101 Å². The number of ketones is 1. The fourth-order valence-corrected chi connectivity index (χ4v) is 5.87. The second kappa shape index (κ2) is 16.8. The van der Waals surface area contributed by atoms with Crippen LogP contribution in [0.1, 0.15) is 104 Å². The normalized spacial score (nSPS) is 11.7. The van der Waals surface area contributed by atoms with Crippen molar-refractivity contribution in [3.8, 4) is 28.0 Å². The van der Waals surface area contributed by atoms with E-state index in [1.807, 2.05) is 79.0 Å². The minimum atomic E-state index is -0.284. The molecule has 4 nitrogen and oxygen atoms in total. The van der Waals surface area contributed by atoms with Crippen molar-refractivity contribution in [1.82, 2.24) is 0 Å². The van der Waals surface area contributed by atoms with E-state index in [0.717, 1.165) is 53.9 Å². The molecule has 0 fully saturated rings. The molecule has 0 unspecified atom stereocenters. The molecule has 1 aromatic heterocycles. The Balaban J connectivity index is 1.31. The Morgan fingerprint density at radius 1 is 0.674 bits per heavy atom. The number of hydrogen-bond donors (Lipinski definition) is 0. The summed E-state index contributed by atoms with van der Waals surface area (Å²) in [6.45, 7) is 7.10. The van der Waals surface area contributed by atoms with Crippen LogP contribution in [0.3, 0.4) is 0 Å². The average molecular weight is 597 g/mol. The standard InChI is InChI=1S/C38H44O4S/c1-4-6-8-10-12-28(3)42-38(40)33-19-15-30(16-20-33)29-13-17-32(18-14-29)37(39)36-26-34(27-43-36)31-21-23-35(24-22-31)41-25-11-9-7-5-2/h13-24,26-28H,4-12,25H2,1-3H3/t28-/m0/s1. The molecule has 0 spiro atoms. The Bertz CT molecular complexity index is 1420. The van der Waals surface area contributed by atoms with Crippen molar-refractivity contribution in [3.63, 3.8) is 0 Å². The summed E-state index contributed by atoms with van der Waals surface area (Å²) in [5, 5.41) is 2.03. The van der Waals surface area contributed by atoms with Crippen LogP contribution in [0.15, 0.2) is 84.2 Å². The lowest BCUT2D eigenvalue weighted by molar-refractivity contribution is 0.0319. The van der Waals surface area contributed by atoms with E-state index in [1.165, 1.54) is 49.9 Å². The minimum absolute atomic E-state index is 0.0109. The first kappa shape index (κ1) is 32.2. The van der Waals surface area contributed by atoms with Crippen LogP contribution in [0.4, 0.5) is 0 Å². The summed E-state index contributed by atoms with van der Waals surface area (Å²) in [5.74, 6) is 0.605. The maximum atomic E-state index is 13.2. The van der Waals surface area contributed by atoms with E-state index in [0.29, 0.717) is 16.0 Å². The van der Waals surface area contributed by atoms with Crippen LogP contribution in [-0.2, 0) is 4.74 Å². The van der Waals surface area contributed by atoms with Gasteiger partial charge >= 0.3 is 5.97 Å². The summed E-state index contributed by atoms with van der Waals surface area (Å²) in [7, 11) is 0. The number of benzene rings is 3. The van der Waals surface area contributed by atoms with Crippen molar-refractivity contribution in [2.45, 2.75) is 84.7 Å². The Hall–Kier alpha value is -3.70. The monoisotopic (exact) mass is 596 g/mol. The maximum Gasteiger partial charge on any atom is 0.338 e. The van der Waals surface area contributed by atoms with Gasteiger partial charge < -0.3 is 9.47 Å². The quantitative estimate of drug-likeness (QED) is 0.0691. The van der Waals surface area contributed by atoms with Gasteiger partial charge in [-0.3, -0.25) is 4.79 Å². The largest absolute Gasteiger partial charge is 0.494 e. The van der Waals surface area contributed by atoms with Gasteiger partial charge in [0, 0.05) is 5.56 Å². The van der Waals surface area contributed by atoms with Gasteiger partial charge in [0.05, 0.1) is 23.2 Å². The van der Waals surface area contributed by atoms with Crippen LogP contribution in [-0.4, -0.2) is 24.5 Å². The third-order valence-electron chi connectivity index (χ3n) is 7.65. The van der Waals surface area contributed by atoms with E-state index in [9.17, 15) is 9.59 Å². The molecule has 5 heteroatoms. The topological polar surface area (TPSA) is 52.6 Å². The van der Waals surface area contributed by atoms with Crippen LogP contribution in [0.5, 0.6) is 5.75 Å². The second-order valence-corrected chi connectivity index (χ2v) is 12.1. The van der Waals surface area contributed by atoms with Gasteiger partial charge in [0.2, 0.25) is 5.78 Å². The maximum absolute atomic E-state index is 13.2. The lowest BCUT2D eigenvalue weighted by Gasteiger charge is -2.13. The molecule has 1 atom stereocenters. The number of thiophene rings is 1. The van der Waals surface area contributed by atoms with Crippen molar-refractivity contribution >= 4 is 23.1 Å². The van der Waals surface area contributed by atoms with Crippen molar-refractivity contribution < 1.29 is 19.1 Å². The number of esters is 1. The van der Waals surface area contributed by atoms with E-state index in [1.54, 1.807) is 12.1 Å². The van der Waals surface area contributed by atoms with Gasteiger partial charge in [0.1, 0.15) is 5.75 Å². The van der Waals surface area contributed by atoms with E-state index in [2.05, 4.69) is 13.8 Å². The molecular weight excluding hydrogens is 552 g/mol. The number of hydrogen-bond acceptors (Lipinski definition) is 5. The van der Waals surface area contributed by atoms with Crippen LogP contribution >= 0.6 is 11.3 Å². The summed E-state index contributed by atoms with van der Waals surface area (Å²) in [6, 6.07) is 25.2. The van der Waals surface area contributed by atoms with Gasteiger partial charge in [0.15, 0.2) is 0 Å². The zero-order valence-corrected chi connectivity index (χ0v) is 26.6. The van der Waals surface area contributed by atoms with E-state index in [-0.39, 0.29) is 17.9 Å². The first-order chi connectivity index (χ1) is 21.0. The molecule has 0 aliphatic heterocycles. The van der Waals surface area contributed by atoms with Crippen molar-refractivity contribution in [3.05, 3.63) is 100 Å². The van der Waals surface area contributed by atoms with E-state index >= 15 is 0 Å². The van der Waals surface area contributed by atoms with E-state index in [4.69, 9.17) is 9.47 Å². The second-order valence-electron chi connectivity index (χ2n) is 11.2. The number of ether oxygens (including phenoxy) is 2. The van der Waals surface area contributed by atoms with Crippen LogP contribution in [0, 0.1) is 0 Å². The molecule has 0 saturated carbocycles. The Morgan fingerprint density at radius 2 is 1.23 bits per heavy atom. The summed E-state index contributed by atoms with van der Waals surface area (Å²) in [4.78, 5) is 26.5. The smallest absolute Gasteiger partial charge is 0.338 e. The predicted octanol–water partition coefficient (Wildman–Crippen LogP) is 10.8. The summed E-state index contributed by atoms with van der Waals surface area (Å²) < 4.78 is 11.5. The highest BCUT2D eigenvalue weighted by Gasteiger charge is 2.15. The summed E-state index contributed by atoms with van der Waals surface area (Å²) in [5.41, 5.74) is 5.27. The molecule has 0 aliphatic rings. The number of rotatable bonds is 17. The molecular formula is C38H44O4S. The third-order valence-corrected chi connectivity index (χ3v) is 8.58. The molecule has 43 heavy (non-hydrogen) atoms. The number of carbonyl (C=O) groups excluding carboxylic acids is 2. The van der Waals surface area contributed by atoms with Crippen LogP contribution < -0.4 is 4.74 Å². The molecule has 1 heterocycles. The SMILES string of the molecule is CCCCCCOc1ccc(-c2csc(C(=O)c3ccc(-c4ccc(C(=O)O[C@@H](C)CCCCCC)cc4)cc3)c2)cc1. The molecule has 0 N–H and O–H groups in total. The van der Waals surface area contributed by atoms with E-state index < -0.39 is 0 Å². The highest BCUT2D eigenvalue weighted by atomic mass is 32.1. The molecule has 0 amide bonds. The lowest BCUT2D eigenvalue weighted by atomic mass is 10.0. The molecule has 0 bridgehead atoms. The zero-order valence-electron chi connectivity index (χ0n) is 25.8. The fourth-order valence-electron chi connectivity index (χ4n) is 4.99. The Morgan fingerprint density at radius 3 is 1.86 bits per heavy atom. The highest BCUT2D eigenvalue weighted by molar-refractivity contribution is 7.12. The zero-order chi connectivity index (χ0) is 30.4. The van der Waals surface area contributed by atoms with Crippen molar-refractivity contribution in [2.75, 3.05) is 6.61 Å². The van der Waals surface area contributed by atoms with Crippen molar-refractivity contribution in [1.29, 1.82) is 0 Å². The molecule has 4 rings (SSSR count).